The largest absolute Gasteiger partial charge is 0.368 e. The van der Waals surface area contributed by atoms with Gasteiger partial charge in [0.2, 0.25) is 5.91 Å². The van der Waals surface area contributed by atoms with Gasteiger partial charge >= 0.3 is 0 Å². The van der Waals surface area contributed by atoms with Crippen molar-refractivity contribution in [1.29, 1.82) is 0 Å². The Kier molecular flexibility index (Phi) is 5.90. The van der Waals surface area contributed by atoms with E-state index in [-0.39, 0.29) is 12.5 Å². The Hall–Kier alpha value is -3.06. The zero-order valence-electron chi connectivity index (χ0n) is 16.8. The molecule has 0 aliphatic carbocycles. The van der Waals surface area contributed by atoms with Gasteiger partial charge in [-0.2, -0.15) is 0 Å². The number of anilines is 1. The van der Waals surface area contributed by atoms with Gasteiger partial charge < -0.3 is 9.80 Å². The van der Waals surface area contributed by atoms with Crippen molar-refractivity contribution in [2.24, 2.45) is 0 Å². The number of nitrogens with zero attached hydrogens (tertiary/aromatic N) is 3. The van der Waals surface area contributed by atoms with Crippen LogP contribution in [0.4, 0.5) is 10.5 Å². The highest BCUT2D eigenvalue weighted by Crippen LogP contribution is 2.32. The van der Waals surface area contributed by atoms with Crippen molar-refractivity contribution >= 4 is 40.6 Å². The van der Waals surface area contributed by atoms with Gasteiger partial charge in [0.15, 0.2) is 0 Å². The first-order valence-corrected chi connectivity index (χ1v) is 10.7. The highest BCUT2D eigenvalue weighted by molar-refractivity contribution is 8.18. The number of carbonyl (C=O) groups excluding carboxylic acids is 3. The number of benzene rings is 2. The Morgan fingerprint density at radius 1 is 1.00 bits per heavy atom. The van der Waals surface area contributed by atoms with Crippen LogP contribution in [0, 0.1) is 6.92 Å². The fourth-order valence-corrected chi connectivity index (χ4v) is 4.45. The van der Waals surface area contributed by atoms with Crippen LogP contribution in [0.25, 0.3) is 6.08 Å². The van der Waals surface area contributed by atoms with E-state index in [9.17, 15) is 14.4 Å². The molecule has 2 saturated heterocycles. The molecule has 2 heterocycles. The lowest BCUT2D eigenvalue weighted by Crippen LogP contribution is -2.51. The number of amides is 3. The maximum atomic E-state index is 12.7. The summed E-state index contributed by atoms with van der Waals surface area (Å²) >= 11 is 0.884. The Morgan fingerprint density at radius 2 is 1.73 bits per heavy atom. The minimum Gasteiger partial charge on any atom is -0.368 e. The van der Waals surface area contributed by atoms with Gasteiger partial charge in [-0.15, -0.1) is 0 Å². The zero-order chi connectivity index (χ0) is 21.1. The second kappa shape index (κ2) is 8.75. The van der Waals surface area contributed by atoms with E-state index in [1.54, 1.807) is 11.0 Å². The predicted octanol–water partition coefficient (Wildman–Crippen LogP) is 3.38. The summed E-state index contributed by atoms with van der Waals surface area (Å²) in [6, 6.07) is 17.7. The Labute approximate surface area is 180 Å². The van der Waals surface area contributed by atoms with Gasteiger partial charge in [0, 0.05) is 31.9 Å². The fraction of sp³-hybridized carbons (Fsp3) is 0.261. The maximum Gasteiger partial charge on any atom is 0.294 e. The van der Waals surface area contributed by atoms with Crippen LogP contribution in [0.1, 0.15) is 11.1 Å². The molecule has 2 aromatic carbocycles. The predicted molar refractivity (Wildman–Crippen MR) is 119 cm³/mol. The maximum absolute atomic E-state index is 12.7. The van der Waals surface area contributed by atoms with Crippen molar-refractivity contribution in [1.82, 2.24) is 9.80 Å². The molecule has 2 fully saturated rings. The molecule has 0 aromatic heterocycles. The summed E-state index contributed by atoms with van der Waals surface area (Å²) < 4.78 is 0. The first-order valence-electron chi connectivity index (χ1n) is 9.91. The summed E-state index contributed by atoms with van der Waals surface area (Å²) in [5, 5.41) is -0.395. The minimum absolute atomic E-state index is 0.192. The minimum atomic E-state index is -0.402. The second-order valence-corrected chi connectivity index (χ2v) is 8.38. The summed E-state index contributed by atoms with van der Waals surface area (Å²) in [5.74, 6) is -0.595. The van der Waals surface area contributed by atoms with Crippen molar-refractivity contribution in [2.45, 2.75) is 6.92 Å². The van der Waals surface area contributed by atoms with Gasteiger partial charge in [0.1, 0.15) is 6.54 Å². The summed E-state index contributed by atoms with van der Waals surface area (Å²) in [4.78, 5) is 43.1. The number of piperazine rings is 1. The van der Waals surface area contributed by atoms with Crippen molar-refractivity contribution in [3.63, 3.8) is 0 Å². The molecule has 30 heavy (non-hydrogen) atoms. The third-order valence-electron chi connectivity index (χ3n) is 5.26. The van der Waals surface area contributed by atoms with E-state index in [0.717, 1.165) is 41.0 Å². The number of aryl methyl sites for hydroxylation is 1. The molecule has 0 unspecified atom stereocenters. The molecule has 2 aliphatic heterocycles. The van der Waals surface area contributed by atoms with E-state index in [4.69, 9.17) is 0 Å². The van der Waals surface area contributed by atoms with Gasteiger partial charge in [-0.1, -0.05) is 42.5 Å². The molecule has 3 amide bonds. The van der Waals surface area contributed by atoms with Gasteiger partial charge in [-0.05, 0) is 48.0 Å². The first kappa shape index (κ1) is 20.2. The van der Waals surface area contributed by atoms with Gasteiger partial charge in [-0.3, -0.25) is 19.3 Å². The van der Waals surface area contributed by atoms with Crippen molar-refractivity contribution in [3.8, 4) is 0 Å². The van der Waals surface area contributed by atoms with E-state index >= 15 is 0 Å². The molecule has 6 nitrogen and oxygen atoms in total. The molecule has 2 aromatic rings. The van der Waals surface area contributed by atoms with Crippen LogP contribution in [-0.2, 0) is 9.59 Å². The van der Waals surface area contributed by atoms with Crippen LogP contribution in [0.5, 0.6) is 0 Å². The number of imide groups is 1. The normalized spacial score (nSPS) is 18.4. The lowest BCUT2D eigenvalue weighted by Gasteiger charge is -2.36. The third-order valence-corrected chi connectivity index (χ3v) is 6.17. The summed E-state index contributed by atoms with van der Waals surface area (Å²) in [5.41, 5.74) is 3.20. The monoisotopic (exact) mass is 421 g/mol. The molecular formula is C23H23N3O3S. The zero-order valence-corrected chi connectivity index (χ0v) is 17.6. The molecule has 0 saturated carbocycles. The van der Waals surface area contributed by atoms with Crippen LogP contribution in [0.3, 0.4) is 0 Å². The van der Waals surface area contributed by atoms with E-state index in [1.165, 1.54) is 5.56 Å². The lowest BCUT2D eigenvalue weighted by molar-refractivity contribution is -0.136. The van der Waals surface area contributed by atoms with E-state index in [1.807, 2.05) is 36.4 Å². The molecule has 0 N–H and O–H groups in total. The van der Waals surface area contributed by atoms with Crippen LogP contribution < -0.4 is 4.90 Å². The number of carbonyl (C=O) groups is 3. The molecule has 0 atom stereocenters. The third kappa shape index (κ3) is 4.41. The summed E-state index contributed by atoms with van der Waals surface area (Å²) in [6.45, 7) is 4.45. The average Bonchev–Trinajstić information content (AvgIpc) is 3.02. The second-order valence-electron chi connectivity index (χ2n) is 7.39. The van der Waals surface area contributed by atoms with E-state index < -0.39 is 11.1 Å². The van der Waals surface area contributed by atoms with Crippen molar-refractivity contribution in [2.75, 3.05) is 37.6 Å². The molecule has 0 bridgehead atoms. The standard InChI is InChI=1S/C23H23N3O3S/c1-17-6-5-9-19(14-17)24-10-12-25(13-11-24)21(27)16-26-22(28)20(30-23(26)29)15-18-7-3-2-4-8-18/h2-9,14-15H,10-13,16H2,1H3/b20-15+. The van der Waals surface area contributed by atoms with Crippen LogP contribution in [0.15, 0.2) is 59.5 Å². The fourth-order valence-electron chi connectivity index (χ4n) is 3.61. The van der Waals surface area contributed by atoms with Gasteiger partial charge in [0.25, 0.3) is 11.1 Å². The molecule has 4 rings (SSSR count). The number of rotatable bonds is 4. The Morgan fingerprint density at radius 3 is 2.43 bits per heavy atom. The summed E-state index contributed by atoms with van der Waals surface area (Å²) in [6.07, 6.45) is 1.69. The van der Waals surface area contributed by atoms with E-state index in [2.05, 4.69) is 30.0 Å². The molecular weight excluding hydrogens is 398 g/mol. The van der Waals surface area contributed by atoms with Crippen molar-refractivity contribution < 1.29 is 14.4 Å². The van der Waals surface area contributed by atoms with Crippen LogP contribution in [0.2, 0.25) is 0 Å². The SMILES string of the molecule is Cc1cccc(N2CCN(C(=O)CN3C(=O)S/C(=C/c4ccccc4)C3=O)CC2)c1. The smallest absolute Gasteiger partial charge is 0.294 e. The Balaban J connectivity index is 1.36. The summed E-state index contributed by atoms with van der Waals surface area (Å²) in [7, 11) is 0. The van der Waals surface area contributed by atoms with Crippen LogP contribution >= 0.6 is 11.8 Å². The van der Waals surface area contributed by atoms with Crippen LogP contribution in [-0.4, -0.2) is 59.6 Å². The first-order chi connectivity index (χ1) is 14.5. The average molecular weight is 422 g/mol. The van der Waals surface area contributed by atoms with Crippen molar-refractivity contribution in [3.05, 3.63) is 70.6 Å². The molecule has 2 aliphatic rings. The van der Waals surface area contributed by atoms with Gasteiger partial charge in [-0.25, -0.2) is 0 Å². The molecule has 0 radical (unpaired) electrons. The van der Waals surface area contributed by atoms with Gasteiger partial charge in [0.05, 0.1) is 4.91 Å². The molecule has 0 spiro atoms. The number of hydrogen-bond acceptors (Lipinski definition) is 5. The quantitative estimate of drug-likeness (QED) is 0.709. The Bertz CT molecular complexity index is 998. The molecule has 7 heteroatoms. The lowest BCUT2D eigenvalue weighted by atomic mass is 10.2. The van der Waals surface area contributed by atoms with E-state index in [0.29, 0.717) is 18.0 Å². The number of hydrogen-bond donors (Lipinski definition) is 0. The highest BCUT2D eigenvalue weighted by Gasteiger charge is 2.37. The topological polar surface area (TPSA) is 60.9 Å². The highest BCUT2D eigenvalue weighted by atomic mass is 32.2. The molecule has 154 valence electrons. The number of thioether (sulfide) groups is 1.